The molecule has 0 radical (unpaired) electrons. The summed E-state index contributed by atoms with van der Waals surface area (Å²) in [6.07, 6.45) is 0. The Bertz CT molecular complexity index is 617. The van der Waals surface area contributed by atoms with Crippen molar-refractivity contribution in [2.45, 2.75) is 13.2 Å². The van der Waals surface area contributed by atoms with Gasteiger partial charge in [0, 0.05) is 18.2 Å². The quantitative estimate of drug-likeness (QED) is 0.886. The maximum Gasteiger partial charge on any atom is 0.171 e. The van der Waals surface area contributed by atoms with Gasteiger partial charge >= 0.3 is 0 Å². The van der Waals surface area contributed by atoms with E-state index < -0.39 is 5.82 Å². The highest BCUT2D eigenvalue weighted by atomic mass is 19.1. The maximum absolute atomic E-state index is 14.0. The van der Waals surface area contributed by atoms with Crippen molar-refractivity contribution in [3.05, 3.63) is 59.2 Å². The summed E-state index contributed by atoms with van der Waals surface area (Å²) in [6.45, 7) is 0.535. The summed E-state index contributed by atoms with van der Waals surface area (Å²) in [5, 5.41) is 2.94. The zero-order chi connectivity index (χ0) is 15.2. The first kappa shape index (κ1) is 15.3. The number of rotatable bonds is 6. The molecule has 112 valence electrons. The van der Waals surface area contributed by atoms with Crippen molar-refractivity contribution < 1.29 is 18.3 Å². The highest BCUT2D eigenvalue weighted by molar-refractivity contribution is 5.32. The number of hydrogen-bond donors (Lipinski definition) is 1. The highest BCUT2D eigenvalue weighted by Crippen LogP contribution is 2.22. The van der Waals surface area contributed by atoms with Gasteiger partial charge in [-0.2, -0.15) is 0 Å². The third kappa shape index (κ3) is 3.92. The first-order chi connectivity index (χ1) is 10.1. The standard InChI is InChI=1S/C16H17F2NO2/c1-19-9-11-6-13(17)8-14(7-11)21-10-12-4-3-5-15(20-2)16(12)18/h3-8,19H,9-10H2,1-2H3. The molecular formula is C16H17F2NO2. The van der Waals surface area contributed by atoms with Crippen molar-refractivity contribution in [1.29, 1.82) is 0 Å². The smallest absolute Gasteiger partial charge is 0.171 e. The summed E-state index contributed by atoms with van der Waals surface area (Å²) in [4.78, 5) is 0. The zero-order valence-corrected chi connectivity index (χ0v) is 12.0. The molecule has 21 heavy (non-hydrogen) atoms. The van der Waals surface area contributed by atoms with Gasteiger partial charge in [-0.05, 0) is 30.8 Å². The van der Waals surface area contributed by atoms with E-state index in [9.17, 15) is 8.78 Å². The number of ether oxygens (including phenoxy) is 2. The fraction of sp³-hybridized carbons (Fsp3) is 0.250. The number of halogens is 2. The molecule has 0 heterocycles. The molecule has 5 heteroatoms. The van der Waals surface area contributed by atoms with Gasteiger partial charge in [-0.3, -0.25) is 0 Å². The first-order valence-corrected chi connectivity index (χ1v) is 6.52. The van der Waals surface area contributed by atoms with Crippen LogP contribution in [0, 0.1) is 11.6 Å². The number of hydrogen-bond acceptors (Lipinski definition) is 3. The van der Waals surface area contributed by atoms with Gasteiger partial charge in [0.2, 0.25) is 0 Å². The molecule has 2 aromatic carbocycles. The van der Waals surface area contributed by atoms with Gasteiger partial charge in [-0.1, -0.05) is 12.1 Å². The summed E-state index contributed by atoms with van der Waals surface area (Å²) < 4.78 is 37.8. The fourth-order valence-corrected chi connectivity index (χ4v) is 2.00. The molecule has 0 aliphatic carbocycles. The van der Waals surface area contributed by atoms with E-state index in [1.54, 1.807) is 25.2 Å². The third-order valence-corrected chi connectivity index (χ3v) is 2.97. The molecule has 0 saturated carbocycles. The second kappa shape index (κ2) is 7.04. The van der Waals surface area contributed by atoms with Gasteiger partial charge in [0.05, 0.1) is 7.11 Å². The third-order valence-electron chi connectivity index (χ3n) is 2.97. The molecule has 2 rings (SSSR count). The highest BCUT2D eigenvalue weighted by Gasteiger charge is 2.09. The Hall–Kier alpha value is -2.14. The Morgan fingerprint density at radius 1 is 1.14 bits per heavy atom. The van der Waals surface area contributed by atoms with Crippen LogP contribution in [0.1, 0.15) is 11.1 Å². The van der Waals surface area contributed by atoms with Gasteiger partial charge in [0.25, 0.3) is 0 Å². The molecular weight excluding hydrogens is 276 g/mol. The minimum atomic E-state index is -0.466. The van der Waals surface area contributed by atoms with Crippen LogP contribution in [0.15, 0.2) is 36.4 Å². The van der Waals surface area contributed by atoms with Crippen LogP contribution < -0.4 is 14.8 Å². The number of methoxy groups -OCH3 is 1. The molecule has 0 aliphatic rings. The average Bonchev–Trinajstić information content (AvgIpc) is 2.46. The van der Waals surface area contributed by atoms with Crippen molar-refractivity contribution in [3.63, 3.8) is 0 Å². The molecule has 3 nitrogen and oxygen atoms in total. The van der Waals surface area contributed by atoms with Crippen LogP contribution in [0.2, 0.25) is 0 Å². The summed E-state index contributed by atoms with van der Waals surface area (Å²) >= 11 is 0. The van der Waals surface area contributed by atoms with E-state index in [0.717, 1.165) is 5.56 Å². The van der Waals surface area contributed by atoms with Crippen molar-refractivity contribution in [2.75, 3.05) is 14.2 Å². The minimum absolute atomic E-state index is 0.00544. The predicted molar refractivity (Wildman–Crippen MR) is 76.4 cm³/mol. The second-order valence-corrected chi connectivity index (χ2v) is 4.55. The molecule has 1 N–H and O–H groups in total. The van der Waals surface area contributed by atoms with Crippen LogP contribution in [0.5, 0.6) is 11.5 Å². The van der Waals surface area contributed by atoms with Gasteiger partial charge in [0.15, 0.2) is 11.6 Å². The molecule has 0 atom stereocenters. The van der Waals surface area contributed by atoms with E-state index in [4.69, 9.17) is 9.47 Å². The molecule has 0 unspecified atom stereocenters. The topological polar surface area (TPSA) is 30.5 Å². The Labute approximate surface area is 122 Å². The SMILES string of the molecule is CNCc1cc(F)cc(OCc2cccc(OC)c2F)c1. The first-order valence-electron chi connectivity index (χ1n) is 6.52. The lowest BCUT2D eigenvalue weighted by Crippen LogP contribution is -2.06. The second-order valence-electron chi connectivity index (χ2n) is 4.55. The van der Waals surface area contributed by atoms with E-state index in [1.807, 2.05) is 0 Å². The minimum Gasteiger partial charge on any atom is -0.494 e. The largest absolute Gasteiger partial charge is 0.494 e. The fourth-order valence-electron chi connectivity index (χ4n) is 2.00. The van der Waals surface area contributed by atoms with E-state index in [-0.39, 0.29) is 18.2 Å². The normalized spacial score (nSPS) is 10.5. The van der Waals surface area contributed by atoms with Crippen LogP contribution in [0.4, 0.5) is 8.78 Å². The molecule has 0 saturated heterocycles. The number of benzene rings is 2. The van der Waals surface area contributed by atoms with Gasteiger partial charge < -0.3 is 14.8 Å². The van der Waals surface area contributed by atoms with E-state index in [0.29, 0.717) is 17.9 Å². The molecule has 0 aromatic heterocycles. The molecule has 0 bridgehead atoms. The van der Waals surface area contributed by atoms with E-state index >= 15 is 0 Å². The van der Waals surface area contributed by atoms with Crippen LogP contribution in [0.3, 0.4) is 0 Å². The van der Waals surface area contributed by atoms with Gasteiger partial charge in [-0.25, -0.2) is 8.78 Å². The van der Waals surface area contributed by atoms with E-state index in [1.165, 1.54) is 25.3 Å². The molecule has 0 spiro atoms. The molecule has 0 aliphatic heterocycles. The van der Waals surface area contributed by atoms with Crippen molar-refractivity contribution in [2.24, 2.45) is 0 Å². The molecule has 0 amide bonds. The van der Waals surface area contributed by atoms with Crippen LogP contribution in [0.25, 0.3) is 0 Å². The average molecular weight is 293 g/mol. The van der Waals surface area contributed by atoms with Crippen molar-refractivity contribution >= 4 is 0 Å². The van der Waals surface area contributed by atoms with E-state index in [2.05, 4.69) is 5.32 Å². The Morgan fingerprint density at radius 2 is 1.95 bits per heavy atom. The Kier molecular flexibility index (Phi) is 5.11. The lowest BCUT2D eigenvalue weighted by molar-refractivity contribution is 0.294. The van der Waals surface area contributed by atoms with Crippen molar-refractivity contribution in [1.82, 2.24) is 5.32 Å². The molecule has 2 aromatic rings. The summed E-state index contributed by atoms with van der Waals surface area (Å²) in [5.74, 6) is -0.329. The zero-order valence-electron chi connectivity index (χ0n) is 12.0. The lowest BCUT2D eigenvalue weighted by atomic mass is 10.2. The summed E-state index contributed by atoms with van der Waals surface area (Å²) in [7, 11) is 3.18. The van der Waals surface area contributed by atoms with Crippen LogP contribution >= 0.6 is 0 Å². The van der Waals surface area contributed by atoms with Crippen LogP contribution in [-0.2, 0) is 13.2 Å². The molecule has 0 fully saturated rings. The monoisotopic (exact) mass is 293 g/mol. The Balaban J connectivity index is 2.13. The van der Waals surface area contributed by atoms with Gasteiger partial charge in [-0.15, -0.1) is 0 Å². The maximum atomic E-state index is 14.0. The van der Waals surface area contributed by atoms with Gasteiger partial charge in [0.1, 0.15) is 18.2 Å². The van der Waals surface area contributed by atoms with Crippen LogP contribution in [-0.4, -0.2) is 14.2 Å². The Morgan fingerprint density at radius 3 is 2.67 bits per heavy atom. The summed E-state index contributed by atoms with van der Waals surface area (Å²) in [6, 6.07) is 9.24. The predicted octanol–water partition coefficient (Wildman–Crippen LogP) is 3.27. The lowest BCUT2D eigenvalue weighted by Gasteiger charge is -2.11. The van der Waals surface area contributed by atoms with Crippen molar-refractivity contribution in [3.8, 4) is 11.5 Å². The summed E-state index contributed by atoms with van der Waals surface area (Å²) in [5.41, 5.74) is 1.12. The number of nitrogens with one attached hydrogen (secondary N) is 1.